The molecular formula is C34H34N4O8S2. The number of ether oxygens (including phenoxy) is 1. The molecule has 0 bridgehead atoms. The summed E-state index contributed by atoms with van der Waals surface area (Å²) in [7, 11) is 0. The van der Waals surface area contributed by atoms with E-state index in [4.69, 9.17) is 14.9 Å². The molecule has 2 saturated heterocycles. The van der Waals surface area contributed by atoms with Crippen molar-refractivity contribution >= 4 is 62.5 Å². The van der Waals surface area contributed by atoms with Crippen molar-refractivity contribution in [2.75, 3.05) is 55.7 Å². The second-order valence-corrected chi connectivity index (χ2v) is 13.1. The van der Waals surface area contributed by atoms with Crippen molar-refractivity contribution in [2.24, 2.45) is 0 Å². The van der Waals surface area contributed by atoms with Crippen molar-refractivity contribution in [2.45, 2.75) is 13.8 Å². The fraction of sp³-hybridized carbons (Fsp3) is 0.265. The summed E-state index contributed by atoms with van der Waals surface area (Å²) in [5.41, 5.74) is 1.89. The van der Waals surface area contributed by atoms with Gasteiger partial charge in [0, 0.05) is 31.7 Å². The highest BCUT2D eigenvalue weighted by Gasteiger charge is 2.33. The number of aromatic carboxylic acids is 2. The molecule has 4 heterocycles. The number of Topliss-reactive ketones (excluding diaryl/α,β-unsaturated/α-hetero) is 1. The number of carboxylic acids is 2. The Morgan fingerprint density at radius 3 is 1.69 bits per heavy atom. The number of amides is 4. The van der Waals surface area contributed by atoms with Crippen LogP contribution in [0.4, 0.5) is 19.6 Å². The zero-order chi connectivity index (χ0) is 34.4. The number of urea groups is 2. The van der Waals surface area contributed by atoms with Crippen molar-refractivity contribution in [3.05, 3.63) is 99.2 Å². The minimum Gasteiger partial charge on any atom is -0.492 e. The van der Waals surface area contributed by atoms with Crippen LogP contribution in [0.2, 0.25) is 0 Å². The van der Waals surface area contributed by atoms with Gasteiger partial charge in [-0.25, -0.2) is 19.2 Å². The van der Waals surface area contributed by atoms with Gasteiger partial charge in [0.2, 0.25) is 0 Å². The highest BCUT2D eigenvalue weighted by molar-refractivity contribution is 7.18. The number of nitrogens with zero attached hydrogens (tertiary/aromatic N) is 4. The van der Waals surface area contributed by atoms with Crippen molar-refractivity contribution in [3.63, 3.8) is 0 Å². The molecule has 0 unspecified atom stereocenters. The number of benzene rings is 2. The molecule has 2 aromatic carbocycles. The molecule has 0 aliphatic carbocycles. The Labute approximate surface area is 285 Å². The third-order valence-corrected chi connectivity index (χ3v) is 10.2. The maximum Gasteiger partial charge on any atom is 0.346 e. The van der Waals surface area contributed by atoms with Crippen molar-refractivity contribution in [3.8, 4) is 5.75 Å². The number of carbonyl (C=O) groups is 5. The van der Waals surface area contributed by atoms with Gasteiger partial charge in [0.25, 0.3) is 0 Å². The summed E-state index contributed by atoms with van der Waals surface area (Å²) in [6.45, 7) is 6.45. The minimum atomic E-state index is -0.994. The average molecular weight is 691 g/mol. The highest BCUT2D eigenvalue weighted by Crippen LogP contribution is 2.33. The van der Waals surface area contributed by atoms with Gasteiger partial charge in [-0.1, -0.05) is 48.5 Å². The summed E-state index contributed by atoms with van der Waals surface area (Å²) in [6.07, 6.45) is 0. The molecule has 2 aromatic heterocycles. The van der Waals surface area contributed by atoms with Crippen molar-refractivity contribution < 1.29 is 38.9 Å². The second-order valence-electron chi connectivity index (χ2n) is 11.0. The third kappa shape index (κ3) is 7.83. The topological polar surface area (TPSA) is 148 Å². The molecule has 2 fully saturated rings. The van der Waals surface area contributed by atoms with Crippen molar-refractivity contribution in [1.82, 2.24) is 9.80 Å². The molecule has 0 radical (unpaired) electrons. The molecule has 2 aliphatic heterocycles. The number of rotatable bonds is 11. The summed E-state index contributed by atoms with van der Waals surface area (Å²) in [5.74, 6) is -1.28. The van der Waals surface area contributed by atoms with Gasteiger partial charge in [-0.3, -0.25) is 14.6 Å². The van der Waals surface area contributed by atoms with Crippen LogP contribution in [0, 0.1) is 13.8 Å². The van der Waals surface area contributed by atoms with E-state index in [-0.39, 0.29) is 34.1 Å². The first kappa shape index (κ1) is 34.1. The number of anilines is 2. The normalized spacial score (nSPS) is 14.3. The Bertz CT molecular complexity index is 1810. The minimum absolute atomic E-state index is 0.0233. The lowest BCUT2D eigenvalue weighted by atomic mass is 10.1. The van der Waals surface area contributed by atoms with E-state index >= 15 is 0 Å². The SMILES string of the molecule is Cc1cc(N2CCN(CC(=O)c3ccccc3)C2=O)sc1C(=O)O.Cc1cc(N2CCN(CCOc3ccccc3)C2=O)sc1C(=O)O. The molecule has 2 N–H and O–H groups in total. The molecule has 0 spiro atoms. The molecule has 6 rings (SSSR count). The van der Waals surface area contributed by atoms with Crippen LogP contribution in [0.3, 0.4) is 0 Å². The summed E-state index contributed by atoms with van der Waals surface area (Å²) < 4.78 is 5.62. The lowest BCUT2D eigenvalue weighted by Gasteiger charge is -2.17. The third-order valence-electron chi connectivity index (χ3n) is 7.72. The highest BCUT2D eigenvalue weighted by atomic mass is 32.1. The van der Waals surface area contributed by atoms with Crippen LogP contribution in [0.25, 0.3) is 0 Å². The van der Waals surface area contributed by atoms with Crippen LogP contribution in [-0.2, 0) is 0 Å². The van der Waals surface area contributed by atoms with Crippen LogP contribution < -0.4 is 14.5 Å². The van der Waals surface area contributed by atoms with Gasteiger partial charge in [-0.2, -0.15) is 0 Å². The van der Waals surface area contributed by atoms with Crippen LogP contribution >= 0.6 is 22.7 Å². The van der Waals surface area contributed by atoms with E-state index in [1.807, 2.05) is 36.4 Å². The standard InChI is InChI=1S/C17H16N2O4S.C17H18N2O4S/c1-11-9-14(24-15(11)16(21)22)19-8-7-18(17(19)23)10-13(20)12-5-3-2-4-6-12;1-12-11-14(24-15(12)16(20)21)19-8-7-18(17(19)22)9-10-23-13-5-3-2-4-6-13/h2-6,9H,7-8,10H2,1H3,(H,21,22);2-6,11H,7-10H2,1H3,(H,20,21). The van der Waals surface area contributed by atoms with E-state index in [2.05, 4.69) is 0 Å². The molecule has 250 valence electrons. The molecule has 0 saturated carbocycles. The fourth-order valence-electron chi connectivity index (χ4n) is 5.23. The van der Waals surface area contributed by atoms with Gasteiger partial charge in [-0.15, -0.1) is 22.7 Å². The predicted molar refractivity (Wildman–Crippen MR) is 183 cm³/mol. The molecule has 14 heteroatoms. The second kappa shape index (κ2) is 15.1. The molecule has 4 amide bonds. The van der Waals surface area contributed by atoms with Gasteiger partial charge in [0.1, 0.15) is 32.1 Å². The Hall–Kier alpha value is -5.21. The lowest BCUT2D eigenvalue weighted by Crippen LogP contribution is -2.35. The molecule has 2 aliphatic rings. The van der Waals surface area contributed by atoms with Crippen LogP contribution in [0.5, 0.6) is 5.75 Å². The van der Waals surface area contributed by atoms with Crippen LogP contribution in [-0.4, -0.2) is 95.7 Å². The van der Waals surface area contributed by atoms with E-state index in [0.717, 1.165) is 28.4 Å². The first-order valence-corrected chi connectivity index (χ1v) is 16.7. The summed E-state index contributed by atoms with van der Waals surface area (Å²) >= 11 is 2.22. The van der Waals surface area contributed by atoms with Crippen molar-refractivity contribution in [1.29, 1.82) is 0 Å². The first-order valence-electron chi connectivity index (χ1n) is 15.1. The van der Waals surface area contributed by atoms with Crippen LogP contribution in [0.15, 0.2) is 72.8 Å². The van der Waals surface area contributed by atoms with Crippen LogP contribution in [0.1, 0.15) is 40.8 Å². The van der Waals surface area contributed by atoms with E-state index in [9.17, 15) is 24.0 Å². The average Bonchev–Trinajstić information content (AvgIpc) is 3.84. The largest absolute Gasteiger partial charge is 0.492 e. The lowest BCUT2D eigenvalue weighted by molar-refractivity contribution is 0.0690. The van der Waals surface area contributed by atoms with E-state index < -0.39 is 11.9 Å². The number of hydrogen-bond donors (Lipinski definition) is 2. The van der Waals surface area contributed by atoms with E-state index in [0.29, 0.717) is 66.0 Å². The number of hydrogen-bond acceptors (Lipinski definition) is 8. The van der Waals surface area contributed by atoms with E-state index in [1.165, 1.54) is 9.80 Å². The number of aryl methyl sites for hydroxylation is 2. The summed E-state index contributed by atoms with van der Waals surface area (Å²) in [4.78, 5) is 66.5. The maximum absolute atomic E-state index is 12.5. The summed E-state index contributed by atoms with van der Waals surface area (Å²) in [6, 6.07) is 21.4. The smallest absolute Gasteiger partial charge is 0.346 e. The summed E-state index contributed by atoms with van der Waals surface area (Å²) in [5, 5.41) is 19.6. The Morgan fingerprint density at radius 2 is 1.19 bits per heavy atom. The van der Waals surface area contributed by atoms with Gasteiger partial charge < -0.3 is 24.7 Å². The number of ketones is 1. The maximum atomic E-state index is 12.5. The molecule has 0 atom stereocenters. The zero-order valence-corrected chi connectivity index (χ0v) is 28.0. The molecule has 48 heavy (non-hydrogen) atoms. The number of carbonyl (C=O) groups excluding carboxylic acids is 3. The number of thiophene rings is 2. The number of carboxylic acid groups (broad SMARTS) is 2. The molecule has 12 nitrogen and oxygen atoms in total. The predicted octanol–water partition coefficient (Wildman–Crippen LogP) is 5.96. The Balaban J connectivity index is 0.000000188. The molecule has 4 aromatic rings. The number of para-hydroxylation sites is 1. The molecular weight excluding hydrogens is 657 g/mol. The van der Waals surface area contributed by atoms with Gasteiger partial charge in [0.05, 0.1) is 13.1 Å². The zero-order valence-electron chi connectivity index (χ0n) is 26.3. The Morgan fingerprint density at radius 1 is 0.708 bits per heavy atom. The van der Waals surface area contributed by atoms with Gasteiger partial charge in [0.15, 0.2) is 5.78 Å². The monoisotopic (exact) mass is 690 g/mol. The van der Waals surface area contributed by atoms with Gasteiger partial charge in [-0.05, 0) is 49.2 Å². The fourth-order valence-corrected chi connectivity index (χ4v) is 7.29. The Kier molecular flexibility index (Phi) is 10.8. The van der Waals surface area contributed by atoms with Gasteiger partial charge >= 0.3 is 24.0 Å². The van der Waals surface area contributed by atoms with E-state index in [1.54, 1.807) is 60.0 Å². The first-order chi connectivity index (χ1) is 23.0. The quantitative estimate of drug-likeness (QED) is 0.183.